The van der Waals surface area contributed by atoms with Crippen LogP contribution in [0.5, 0.6) is 0 Å². The number of alkyl halides is 3. The van der Waals surface area contributed by atoms with Gasteiger partial charge < -0.3 is 10.0 Å². The number of hydrogen-bond acceptors (Lipinski definition) is 2. The summed E-state index contributed by atoms with van der Waals surface area (Å²) in [5.74, 6) is 0. The SMILES string of the molecule is CCC1(CC)CCN(c2ccc(CO)cc2C(F)(F)F)C1. The Bertz CT molecular complexity index is 495. The third kappa shape index (κ3) is 3.18. The number of halogens is 3. The van der Waals surface area contributed by atoms with E-state index in [0.29, 0.717) is 18.7 Å². The van der Waals surface area contributed by atoms with E-state index in [0.717, 1.165) is 25.3 Å². The van der Waals surface area contributed by atoms with Gasteiger partial charge in [0.05, 0.1) is 12.2 Å². The van der Waals surface area contributed by atoms with Gasteiger partial charge in [-0.1, -0.05) is 19.9 Å². The molecule has 5 heteroatoms. The van der Waals surface area contributed by atoms with Gasteiger partial charge in [0, 0.05) is 18.8 Å². The van der Waals surface area contributed by atoms with Crippen LogP contribution in [0.3, 0.4) is 0 Å². The summed E-state index contributed by atoms with van der Waals surface area (Å²) in [6, 6.07) is 4.13. The van der Waals surface area contributed by atoms with Crippen molar-refractivity contribution in [3.8, 4) is 0 Å². The third-order valence-corrected chi connectivity index (χ3v) is 4.83. The summed E-state index contributed by atoms with van der Waals surface area (Å²) in [5.41, 5.74) is 0.0152. The van der Waals surface area contributed by atoms with Crippen LogP contribution in [0.15, 0.2) is 18.2 Å². The van der Waals surface area contributed by atoms with Crippen LogP contribution in [0.4, 0.5) is 18.9 Å². The molecule has 1 aliphatic heterocycles. The summed E-state index contributed by atoms with van der Waals surface area (Å²) in [6.07, 6.45) is -1.50. The van der Waals surface area contributed by atoms with Crippen molar-refractivity contribution >= 4 is 5.69 Å². The number of anilines is 1. The van der Waals surface area contributed by atoms with Gasteiger partial charge in [-0.3, -0.25) is 0 Å². The predicted molar refractivity (Wildman–Crippen MR) is 77.2 cm³/mol. The molecule has 1 aromatic carbocycles. The van der Waals surface area contributed by atoms with E-state index in [1.165, 1.54) is 6.07 Å². The summed E-state index contributed by atoms with van der Waals surface area (Å²) in [7, 11) is 0. The lowest BCUT2D eigenvalue weighted by Crippen LogP contribution is -2.28. The average molecular weight is 301 g/mol. The highest BCUT2D eigenvalue weighted by molar-refractivity contribution is 5.57. The molecule has 21 heavy (non-hydrogen) atoms. The molecule has 0 aliphatic carbocycles. The Kier molecular flexibility index (Phi) is 4.51. The zero-order valence-electron chi connectivity index (χ0n) is 12.5. The summed E-state index contributed by atoms with van der Waals surface area (Å²) in [5, 5.41) is 9.06. The molecule has 0 saturated carbocycles. The highest BCUT2D eigenvalue weighted by Gasteiger charge is 2.40. The van der Waals surface area contributed by atoms with Crippen LogP contribution in [0.1, 0.15) is 44.2 Å². The molecule has 1 N–H and O–H groups in total. The van der Waals surface area contributed by atoms with Crippen molar-refractivity contribution in [3.63, 3.8) is 0 Å². The molecular formula is C16H22F3NO. The normalized spacial score (nSPS) is 18.3. The van der Waals surface area contributed by atoms with E-state index in [1.54, 1.807) is 6.07 Å². The summed E-state index contributed by atoms with van der Waals surface area (Å²) in [6.45, 7) is 5.15. The lowest BCUT2D eigenvalue weighted by atomic mass is 9.82. The molecule has 0 unspecified atom stereocenters. The quantitative estimate of drug-likeness (QED) is 0.900. The second kappa shape index (κ2) is 5.87. The Morgan fingerprint density at radius 2 is 1.90 bits per heavy atom. The first-order valence-corrected chi connectivity index (χ1v) is 7.41. The summed E-state index contributed by atoms with van der Waals surface area (Å²) in [4.78, 5) is 1.84. The molecule has 1 aliphatic rings. The molecule has 0 amide bonds. The number of nitrogens with zero attached hydrogens (tertiary/aromatic N) is 1. The minimum absolute atomic E-state index is 0.124. The van der Waals surface area contributed by atoms with Crippen LogP contribution in [0.2, 0.25) is 0 Å². The van der Waals surface area contributed by atoms with Crippen molar-refractivity contribution < 1.29 is 18.3 Å². The number of hydrogen-bond donors (Lipinski definition) is 1. The first kappa shape index (κ1) is 16.1. The molecule has 0 atom stereocenters. The molecule has 0 radical (unpaired) electrons. The van der Waals surface area contributed by atoms with Gasteiger partial charge in [0.2, 0.25) is 0 Å². The first-order valence-electron chi connectivity index (χ1n) is 7.41. The molecular weight excluding hydrogens is 279 g/mol. The van der Waals surface area contributed by atoms with E-state index < -0.39 is 11.7 Å². The lowest BCUT2D eigenvalue weighted by molar-refractivity contribution is -0.137. The van der Waals surface area contributed by atoms with Gasteiger partial charge in [-0.05, 0) is 42.4 Å². The fraction of sp³-hybridized carbons (Fsp3) is 0.625. The van der Waals surface area contributed by atoms with Crippen LogP contribution < -0.4 is 4.90 Å². The number of rotatable bonds is 4. The van der Waals surface area contributed by atoms with E-state index in [4.69, 9.17) is 5.11 Å². The number of aliphatic hydroxyl groups is 1. The Balaban J connectivity index is 2.37. The molecule has 0 bridgehead atoms. The van der Waals surface area contributed by atoms with Gasteiger partial charge >= 0.3 is 6.18 Å². The topological polar surface area (TPSA) is 23.5 Å². The Morgan fingerprint density at radius 3 is 2.38 bits per heavy atom. The largest absolute Gasteiger partial charge is 0.418 e. The second-order valence-corrected chi connectivity index (χ2v) is 5.89. The third-order valence-electron chi connectivity index (χ3n) is 4.83. The Labute approximate surface area is 123 Å². The van der Waals surface area contributed by atoms with Crippen LogP contribution in [-0.2, 0) is 12.8 Å². The maximum absolute atomic E-state index is 13.3. The predicted octanol–water partition coefficient (Wildman–Crippen LogP) is 4.21. The monoisotopic (exact) mass is 301 g/mol. The van der Waals surface area contributed by atoms with Gasteiger partial charge in [-0.15, -0.1) is 0 Å². The maximum Gasteiger partial charge on any atom is 0.418 e. The van der Waals surface area contributed by atoms with Crippen LogP contribution in [0, 0.1) is 5.41 Å². The van der Waals surface area contributed by atoms with Crippen molar-refractivity contribution in [1.29, 1.82) is 0 Å². The Morgan fingerprint density at radius 1 is 1.24 bits per heavy atom. The molecule has 0 aromatic heterocycles. The zero-order valence-corrected chi connectivity index (χ0v) is 12.5. The van der Waals surface area contributed by atoms with Crippen LogP contribution >= 0.6 is 0 Å². The summed E-state index contributed by atoms with van der Waals surface area (Å²) >= 11 is 0. The average Bonchev–Trinajstić information content (AvgIpc) is 2.90. The molecule has 2 nitrogen and oxygen atoms in total. The van der Waals surface area contributed by atoms with E-state index in [-0.39, 0.29) is 17.7 Å². The molecule has 1 fully saturated rings. The molecule has 2 rings (SSSR count). The van der Waals surface area contributed by atoms with Gasteiger partial charge in [-0.25, -0.2) is 0 Å². The minimum Gasteiger partial charge on any atom is -0.392 e. The van der Waals surface area contributed by atoms with Crippen LogP contribution in [0.25, 0.3) is 0 Å². The number of benzene rings is 1. The molecule has 1 aromatic rings. The van der Waals surface area contributed by atoms with E-state index in [2.05, 4.69) is 13.8 Å². The second-order valence-electron chi connectivity index (χ2n) is 5.89. The van der Waals surface area contributed by atoms with Crippen molar-refractivity contribution in [2.45, 2.75) is 45.9 Å². The fourth-order valence-electron chi connectivity index (χ4n) is 3.15. The Hall–Kier alpha value is -1.23. The fourth-order valence-corrected chi connectivity index (χ4v) is 3.15. The van der Waals surface area contributed by atoms with Crippen molar-refractivity contribution in [3.05, 3.63) is 29.3 Å². The van der Waals surface area contributed by atoms with Crippen molar-refractivity contribution in [2.75, 3.05) is 18.0 Å². The first-order chi connectivity index (χ1) is 9.85. The maximum atomic E-state index is 13.3. The van der Waals surface area contributed by atoms with E-state index >= 15 is 0 Å². The zero-order chi connectivity index (χ0) is 15.7. The van der Waals surface area contributed by atoms with Crippen LogP contribution in [-0.4, -0.2) is 18.2 Å². The van der Waals surface area contributed by atoms with Gasteiger partial charge in [-0.2, -0.15) is 13.2 Å². The molecule has 1 heterocycles. The molecule has 1 saturated heterocycles. The lowest BCUT2D eigenvalue weighted by Gasteiger charge is -2.28. The van der Waals surface area contributed by atoms with E-state index in [1.807, 2.05) is 4.90 Å². The van der Waals surface area contributed by atoms with Gasteiger partial charge in [0.1, 0.15) is 0 Å². The van der Waals surface area contributed by atoms with E-state index in [9.17, 15) is 13.2 Å². The van der Waals surface area contributed by atoms with Gasteiger partial charge in [0.15, 0.2) is 0 Å². The summed E-state index contributed by atoms with van der Waals surface area (Å²) < 4.78 is 39.8. The molecule has 118 valence electrons. The highest BCUT2D eigenvalue weighted by Crippen LogP contribution is 2.43. The number of aliphatic hydroxyl groups excluding tert-OH is 1. The minimum atomic E-state index is -4.40. The van der Waals surface area contributed by atoms with Crippen molar-refractivity contribution in [1.82, 2.24) is 0 Å². The van der Waals surface area contributed by atoms with Gasteiger partial charge in [0.25, 0.3) is 0 Å². The smallest absolute Gasteiger partial charge is 0.392 e. The standard InChI is InChI=1S/C16H22F3NO/c1-3-15(4-2)7-8-20(11-15)14-6-5-12(10-21)9-13(14)16(17,18)19/h5-6,9,21H,3-4,7-8,10-11H2,1-2H3. The van der Waals surface area contributed by atoms with Crippen molar-refractivity contribution in [2.24, 2.45) is 5.41 Å². The molecule has 0 spiro atoms. The highest BCUT2D eigenvalue weighted by atomic mass is 19.4.